The van der Waals surface area contributed by atoms with Gasteiger partial charge in [-0.15, -0.1) is 0 Å². The molecule has 0 aliphatic carbocycles. The zero-order valence-corrected chi connectivity index (χ0v) is 14.7. The molecule has 0 bridgehead atoms. The number of nitrogens with one attached hydrogen (secondary N) is 1. The Kier molecular flexibility index (Phi) is 4.19. The van der Waals surface area contributed by atoms with Crippen molar-refractivity contribution in [1.29, 1.82) is 0 Å². The Balaban J connectivity index is 1.74. The van der Waals surface area contributed by atoms with E-state index in [4.69, 9.17) is 12.2 Å². The molecule has 0 saturated carbocycles. The number of nitrogens with zero attached hydrogens (tertiary/aromatic N) is 4. The summed E-state index contributed by atoms with van der Waals surface area (Å²) in [4.78, 5) is 11.2. The summed E-state index contributed by atoms with van der Waals surface area (Å²) in [6, 6.07) is 16.2. The summed E-state index contributed by atoms with van der Waals surface area (Å²) in [5.74, 6) is 0. The fourth-order valence-corrected chi connectivity index (χ4v) is 3.65. The van der Waals surface area contributed by atoms with Crippen LogP contribution in [0, 0.1) is 0 Å². The molecule has 3 aromatic rings. The molecule has 25 heavy (non-hydrogen) atoms. The number of hydrogen-bond acceptors (Lipinski definition) is 3. The molecule has 1 saturated heterocycles. The van der Waals surface area contributed by atoms with Crippen LogP contribution in [0.1, 0.15) is 29.2 Å². The van der Waals surface area contributed by atoms with E-state index < -0.39 is 0 Å². The van der Waals surface area contributed by atoms with E-state index in [0.29, 0.717) is 6.54 Å². The van der Waals surface area contributed by atoms with Crippen molar-refractivity contribution in [1.82, 2.24) is 24.8 Å². The zero-order valence-electron chi connectivity index (χ0n) is 13.9. The predicted molar refractivity (Wildman–Crippen MR) is 101 cm³/mol. The van der Waals surface area contributed by atoms with Gasteiger partial charge in [-0.1, -0.05) is 12.1 Å². The van der Waals surface area contributed by atoms with Crippen LogP contribution in [-0.4, -0.2) is 24.5 Å². The fourth-order valence-electron chi connectivity index (χ4n) is 3.35. The van der Waals surface area contributed by atoms with Gasteiger partial charge in [0, 0.05) is 31.3 Å². The molecule has 0 aromatic carbocycles. The number of hydrogen-bond donors (Lipinski definition) is 1. The Hall–Kier alpha value is -2.73. The minimum absolute atomic E-state index is 0.00557. The van der Waals surface area contributed by atoms with Crippen LogP contribution < -0.4 is 5.32 Å². The summed E-state index contributed by atoms with van der Waals surface area (Å²) in [5.41, 5.74) is 3.17. The molecule has 0 radical (unpaired) electrons. The van der Waals surface area contributed by atoms with Crippen molar-refractivity contribution in [2.45, 2.75) is 18.6 Å². The van der Waals surface area contributed by atoms with Crippen molar-refractivity contribution < 1.29 is 0 Å². The molecule has 4 heterocycles. The Morgan fingerprint density at radius 2 is 1.84 bits per heavy atom. The first kappa shape index (κ1) is 15.8. The first-order valence-electron chi connectivity index (χ1n) is 8.23. The molecule has 2 atom stereocenters. The van der Waals surface area contributed by atoms with E-state index in [-0.39, 0.29) is 12.1 Å². The molecule has 6 heteroatoms. The van der Waals surface area contributed by atoms with Crippen LogP contribution in [0.2, 0.25) is 0 Å². The summed E-state index contributed by atoms with van der Waals surface area (Å²) in [6.07, 6.45) is 5.70. The maximum atomic E-state index is 5.66. The number of rotatable bonds is 4. The van der Waals surface area contributed by atoms with Crippen molar-refractivity contribution in [2.24, 2.45) is 7.05 Å². The van der Waals surface area contributed by atoms with Gasteiger partial charge >= 0.3 is 0 Å². The Morgan fingerprint density at radius 3 is 2.48 bits per heavy atom. The molecule has 0 amide bonds. The molecule has 1 N–H and O–H groups in total. The topological polar surface area (TPSA) is 46.0 Å². The van der Waals surface area contributed by atoms with Crippen molar-refractivity contribution in [3.8, 4) is 0 Å². The molecule has 1 fully saturated rings. The van der Waals surface area contributed by atoms with Crippen LogP contribution in [0.15, 0.2) is 67.1 Å². The Bertz CT molecular complexity index is 862. The van der Waals surface area contributed by atoms with Gasteiger partial charge in [0.1, 0.15) is 0 Å². The van der Waals surface area contributed by atoms with Gasteiger partial charge in [0.2, 0.25) is 0 Å². The second-order valence-corrected chi connectivity index (χ2v) is 6.51. The maximum Gasteiger partial charge on any atom is 0.170 e. The molecule has 4 rings (SSSR count). The third-order valence-electron chi connectivity index (χ3n) is 4.54. The van der Waals surface area contributed by atoms with Crippen LogP contribution in [0.4, 0.5) is 0 Å². The highest BCUT2D eigenvalue weighted by molar-refractivity contribution is 7.80. The van der Waals surface area contributed by atoms with Gasteiger partial charge in [0.05, 0.1) is 30.0 Å². The first-order chi connectivity index (χ1) is 12.2. The van der Waals surface area contributed by atoms with Gasteiger partial charge in [-0.05, 0) is 48.6 Å². The molecular weight excluding hydrogens is 330 g/mol. The fraction of sp³-hybridized carbons (Fsp3) is 0.211. The van der Waals surface area contributed by atoms with Gasteiger partial charge in [0.15, 0.2) is 5.11 Å². The molecule has 1 aliphatic rings. The summed E-state index contributed by atoms with van der Waals surface area (Å²) >= 11 is 5.66. The minimum atomic E-state index is 0.00557. The van der Waals surface area contributed by atoms with Gasteiger partial charge in [0.25, 0.3) is 0 Å². The minimum Gasteiger partial charge on any atom is -0.353 e. The van der Waals surface area contributed by atoms with Crippen molar-refractivity contribution in [3.63, 3.8) is 0 Å². The molecule has 5 nitrogen and oxygen atoms in total. The Labute approximate surface area is 152 Å². The normalized spacial score (nSPS) is 19.9. The smallest absolute Gasteiger partial charge is 0.170 e. The van der Waals surface area contributed by atoms with Crippen molar-refractivity contribution in [3.05, 3.63) is 84.2 Å². The lowest BCUT2D eigenvalue weighted by molar-refractivity contribution is 0.297. The summed E-state index contributed by atoms with van der Waals surface area (Å²) in [5, 5.41) is 4.19. The second kappa shape index (κ2) is 6.64. The van der Waals surface area contributed by atoms with E-state index in [0.717, 1.165) is 16.5 Å². The van der Waals surface area contributed by atoms with Gasteiger partial charge in [-0.3, -0.25) is 9.97 Å². The molecule has 0 spiro atoms. The lowest BCUT2D eigenvalue weighted by atomic mass is 10.0. The van der Waals surface area contributed by atoms with Crippen molar-refractivity contribution in [2.75, 3.05) is 0 Å². The monoisotopic (exact) mass is 349 g/mol. The maximum absolute atomic E-state index is 5.66. The van der Waals surface area contributed by atoms with Crippen LogP contribution in [0.5, 0.6) is 0 Å². The van der Waals surface area contributed by atoms with Gasteiger partial charge in [-0.2, -0.15) is 0 Å². The van der Waals surface area contributed by atoms with Gasteiger partial charge < -0.3 is 14.8 Å². The number of pyridine rings is 2. The summed E-state index contributed by atoms with van der Waals surface area (Å²) in [7, 11) is 2.06. The summed E-state index contributed by atoms with van der Waals surface area (Å²) < 4.78 is 2.14. The molecule has 3 aromatic heterocycles. The third-order valence-corrected chi connectivity index (χ3v) is 4.90. The predicted octanol–water partition coefficient (Wildman–Crippen LogP) is 2.99. The molecular formula is C19H19N5S. The van der Waals surface area contributed by atoms with Crippen LogP contribution in [-0.2, 0) is 13.6 Å². The van der Waals surface area contributed by atoms with E-state index in [2.05, 4.69) is 50.1 Å². The first-order valence-corrected chi connectivity index (χ1v) is 8.64. The highest BCUT2D eigenvalue weighted by Gasteiger charge is 2.40. The Morgan fingerprint density at radius 1 is 1.04 bits per heavy atom. The average Bonchev–Trinajstić information content (AvgIpc) is 3.20. The largest absolute Gasteiger partial charge is 0.353 e. The lowest BCUT2D eigenvalue weighted by Gasteiger charge is -2.28. The van der Waals surface area contributed by atoms with Crippen LogP contribution in [0.25, 0.3) is 0 Å². The molecule has 1 aliphatic heterocycles. The van der Waals surface area contributed by atoms with E-state index in [1.165, 1.54) is 5.69 Å². The van der Waals surface area contributed by atoms with Crippen LogP contribution in [0.3, 0.4) is 0 Å². The highest BCUT2D eigenvalue weighted by Crippen LogP contribution is 2.39. The van der Waals surface area contributed by atoms with E-state index in [9.17, 15) is 0 Å². The van der Waals surface area contributed by atoms with E-state index in [1.54, 1.807) is 0 Å². The average molecular weight is 349 g/mol. The second-order valence-electron chi connectivity index (χ2n) is 6.12. The summed E-state index contributed by atoms with van der Waals surface area (Å²) in [6.45, 7) is 0.659. The quantitative estimate of drug-likeness (QED) is 0.734. The molecule has 0 unspecified atom stereocenters. The highest BCUT2D eigenvalue weighted by atomic mass is 32.1. The van der Waals surface area contributed by atoms with Crippen LogP contribution >= 0.6 is 12.2 Å². The van der Waals surface area contributed by atoms with Crippen molar-refractivity contribution >= 4 is 17.3 Å². The third kappa shape index (κ3) is 3.00. The number of aromatic nitrogens is 3. The lowest BCUT2D eigenvalue weighted by Crippen LogP contribution is -2.30. The molecule has 126 valence electrons. The van der Waals surface area contributed by atoms with Gasteiger partial charge in [-0.25, -0.2) is 0 Å². The zero-order chi connectivity index (χ0) is 17.2. The SMILES string of the molecule is Cn1cccc1[C@@H]1[C@@H](c2ccccn2)NC(=S)N1Cc1ccccn1. The van der Waals surface area contributed by atoms with E-state index in [1.807, 2.05) is 48.8 Å². The number of thiocarbonyl (C=S) groups is 1. The standard InChI is InChI=1S/C19H19N5S/c1-23-12-6-9-16(23)18-17(15-8-3-5-11-21-15)22-19(25)24(18)13-14-7-2-4-10-20-14/h2-12,17-18H,13H2,1H3,(H,22,25)/t17-,18-/m1/s1. The van der Waals surface area contributed by atoms with E-state index >= 15 is 0 Å². The number of aryl methyl sites for hydroxylation is 1.